The molecule has 27 heavy (non-hydrogen) atoms. The molecule has 0 bridgehead atoms. The lowest BCUT2D eigenvalue weighted by atomic mass is 10.1. The summed E-state index contributed by atoms with van der Waals surface area (Å²) in [6, 6.07) is 7.63. The Kier molecular flexibility index (Phi) is 5.41. The molecule has 0 spiro atoms. The number of imidazole rings is 1. The van der Waals surface area contributed by atoms with Crippen molar-refractivity contribution in [2.75, 3.05) is 18.5 Å². The Hall–Kier alpha value is -2.55. The van der Waals surface area contributed by atoms with Gasteiger partial charge in [-0.05, 0) is 26.8 Å². The number of aromatic nitrogens is 3. The predicted molar refractivity (Wildman–Crippen MR) is 104 cm³/mol. The molecular formula is C19H25N5O3. The van der Waals surface area contributed by atoms with Gasteiger partial charge in [-0.15, -0.1) is 0 Å². The molecular weight excluding hydrogens is 346 g/mol. The monoisotopic (exact) mass is 371 g/mol. The van der Waals surface area contributed by atoms with Gasteiger partial charge in [0.15, 0.2) is 5.82 Å². The van der Waals surface area contributed by atoms with Gasteiger partial charge in [-0.1, -0.05) is 18.2 Å². The number of pyridine rings is 1. The van der Waals surface area contributed by atoms with E-state index in [0.717, 1.165) is 16.4 Å². The normalized spacial score (nSPS) is 12.0. The molecule has 8 nitrogen and oxygen atoms in total. The highest BCUT2D eigenvalue weighted by Gasteiger charge is 2.23. The molecule has 0 aliphatic heterocycles. The van der Waals surface area contributed by atoms with E-state index in [0.29, 0.717) is 36.9 Å². The van der Waals surface area contributed by atoms with E-state index in [1.54, 1.807) is 13.8 Å². The fourth-order valence-corrected chi connectivity index (χ4v) is 3.01. The van der Waals surface area contributed by atoms with Crippen LogP contribution in [0.15, 0.2) is 24.3 Å². The lowest BCUT2D eigenvalue weighted by Crippen LogP contribution is -2.27. The van der Waals surface area contributed by atoms with Gasteiger partial charge in [0.05, 0.1) is 29.7 Å². The summed E-state index contributed by atoms with van der Waals surface area (Å²) in [6.07, 6.45) is 0. The van der Waals surface area contributed by atoms with Crippen molar-refractivity contribution in [3.63, 3.8) is 0 Å². The van der Waals surface area contributed by atoms with Gasteiger partial charge in [-0.3, -0.25) is 4.79 Å². The molecule has 0 aliphatic rings. The maximum absolute atomic E-state index is 11.9. The minimum Gasteiger partial charge on any atom is -0.389 e. The second-order valence-corrected chi connectivity index (χ2v) is 6.99. The van der Waals surface area contributed by atoms with Crippen LogP contribution in [0.4, 0.5) is 5.82 Å². The molecule has 144 valence electrons. The van der Waals surface area contributed by atoms with E-state index in [1.807, 2.05) is 35.8 Å². The number of carbonyl (C=O) groups is 1. The van der Waals surface area contributed by atoms with Crippen LogP contribution in [0.25, 0.3) is 21.9 Å². The molecule has 0 fully saturated rings. The number of carbonyl (C=O) groups excluding carboxylic acids is 1. The van der Waals surface area contributed by atoms with Gasteiger partial charge in [0.25, 0.3) is 0 Å². The number of fused-ring (bicyclic) bond motifs is 3. The largest absolute Gasteiger partial charge is 0.389 e. The number of hydrogen-bond acceptors (Lipinski definition) is 6. The van der Waals surface area contributed by atoms with Crippen LogP contribution in [0.2, 0.25) is 0 Å². The number of anilines is 1. The van der Waals surface area contributed by atoms with Crippen LogP contribution in [-0.2, 0) is 22.7 Å². The lowest BCUT2D eigenvalue weighted by Gasteiger charge is -2.20. The van der Waals surface area contributed by atoms with Gasteiger partial charge >= 0.3 is 0 Å². The second kappa shape index (κ2) is 7.59. The van der Waals surface area contributed by atoms with E-state index in [1.165, 1.54) is 0 Å². The summed E-state index contributed by atoms with van der Waals surface area (Å²) >= 11 is 0. The third-order valence-corrected chi connectivity index (χ3v) is 4.09. The van der Waals surface area contributed by atoms with Gasteiger partial charge in [0.1, 0.15) is 17.9 Å². The fourth-order valence-electron chi connectivity index (χ4n) is 3.01. The van der Waals surface area contributed by atoms with Crippen LogP contribution in [0, 0.1) is 0 Å². The number of nitrogens with one attached hydrogen (secondary N) is 1. The van der Waals surface area contributed by atoms with Crippen LogP contribution in [0.3, 0.4) is 0 Å². The average molecular weight is 371 g/mol. The molecule has 1 amide bonds. The molecule has 4 N–H and O–H groups in total. The molecule has 0 aliphatic carbocycles. The number of nitrogens with zero attached hydrogens (tertiary/aromatic N) is 3. The van der Waals surface area contributed by atoms with Crippen LogP contribution in [0.1, 0.15) is 26.6 Å². The molecule has 2 aromatic heterocycles. The van der Waals surface area contributed by atoms with Crippen molar-refractivity contribution in [3.05, 3.63) is 30.1 Å². The van der Waals surface area contributed by atoms with Crippen molar-refractivity contribution in [1.29, 1.82) is 0 Å². The number of amides is 1. The molecule has 0 atom stereocenters. The first kappa shape index (κ1) is 19.2. The van der Waals surface area contributed by atoms with Crippen molar-refractivity contribution in [2.45, 2.75) is 39.5 Å². The second-order valence-electron chi connectivity index (χ2n) is 6.99. The van der Waals surface area contributed by atoms with E-state index in [-0.39, 0.29) is 12.5 Å². The fraction of sp³-hybridized carbons (Fsp3) is 0.421. The highest BCUT2D eigenvalue weighted by Crippen LogP contribution is 2.31. The summed E-state index contributed by atoms with van der Waals surface area (Å²) in [5, 5.41) is 14.1. The van der Waals surface area contributed by atoms with Gasteiger partial charge in [-0.2, -0.15) is 0 Å². The van der Waals surface area contributed by atoms with Crippen molar-refractivity contribution in [2.24, 2.45) is 5.73 Å². The molecule has 3 rings (SSSR count). The first-order chi connectivity index (χ1) is 12.8. The molecule has 0 radical (unpaired) electrons. The van der Waals surface area contributed by atoms with Gasteiger partial charge in [0, 0.05) is 12.0 Å². The zero-order valence-electron chi connectivity index (χ0n) is 15.8. The Morgan fingerprint density at radius 3 is 2.74 bits per heavy atom. The number of ether oxygens (including phenoxy) is 1. The zero-order valence-corrected chi connectivity index (χ0v) is 15.8. The van der Waals surface area contributed by atoms with Crippen LogP contribution < -0.4 is 11.1 Å². The highest BCUT2D eigenvalue weighted by molar-refractivity contribution is 6.09. The predicted octanol–water partition coefficient (Wildman–Crippen LogP) is 1.79. The topological polar surface area (TPSA) is 115 Å². The standard InChI is InChI=1S/C19H25N5O3/c1-4-27-10-14-22-16-17(24(14)11-19(2,3)26)12-7-5-6-8-13(12)21-18(16)23-15(25)9-20/h5-8,26H,4,9-11,20H2,1-3H3,(H,21,23,25). The minimum absolute atomic E-state index is 0.147. The third kappa shape index (κ3) is 4.08. The number of hydrogen-bond donors (Lipinski definition) is 3. The molecule has 2 heterocycles. The van der Waals surface area contributed by atoms with Crippen molar-refractivity contribution >= 4 is 33.7 Å². The maximum Gasteiger partial charge on any atom is 0.239 e. The molecule has 3 aromatic rings. The maximum atomic E-state index is 11.9. The number of nitrogens with two attached hydrogens (primary N) is 1. The molecule has 0 saturated heterocycles. The molecule has 8 heteroatoms. The number of aliphatic hydroxyl groups is 1. The van der Waals surface area contributed by atoms with E-state index < -0.39 is 5.60 Å². The van der Waals surface area contributed by atoms with Gasteiger partial charge < -0.3 is 25.5 Å². The summed E-state index contributed by atoms with van der Waals surface area (Å²) in [4.78, 5) is 21.1. The number of benzene rings is 1. The molecule has 1 aromatic carbocycles. The van der Waals surface area contributed by atoms with Crippen molar-refractivity contribution in [3.8, 4) is 0 Å². The Morgan fingerprint density at radius 1 is 1.33 bits per heavy atom. The Morgan fingerprint density at radius 2 is 2.07 bits per heavy atom. The van der Waals surface area contributed by atoms with Gasteiger partial charge in [0.2, 0.25) is 5.91 Å². The first-order valence-corrected chi connectivity index (χ1v) is 8.92. The highest BCUT2D eigenvalue weighted by atomic mass is 16.5. The summed E-state index contributed by atoms with van der Waals surface area (Å²) in [6.45, 7) is 6.40. The van der Waals surface area contributed by atoms with Crippen LogP contribution >= 0.6 is 0 Å². The quantitative estimate of drug-likeness (QED) is 0.583. The van der Waals surface area contributed by atoms with E-state index in [4.69, 9.17) is 10.5 Å². The summed E-state index contributed by atoms with van der Waals surface area (Å²) in [7, 11) is 0. The summed E-state index contributed by atoms with van der Waals surface area (Å²) in [5.41, 5.74) is 6.55. The average Bonchev–Trinajstić information content (AvgIpc) is 2.97. The van der Waals surface area contributed by atoms with E-state index in [2.05, 4.69) is 15.3 Å². The van der Waals surface area contributed by atoms with E-state index in [9.17, 15) is 9.90 Å². The summed E-state index contributed by atoms with van der Waals surface area (Å²) in [5.74, 6) is 0.671. The minimum atomic E-state index is -0.959. The molecule has 0 unspecified atom stereocenters. The number of rotatable bonds is 7. The van der Waals surface area contributed by atoms with Crippen LogP contribution in [0.5, 0.6) is 0 Å². The van der Waals surface area contributed by atoms with Gasteiger partial charge in [-0.25, -0.2) is 9.97 Å². The molecule has 0 saturated carbocycles. The first-order valence-electron chi connectivity index (χ1n) is 8.92. The van der Waals surface area contributed by atoms with E-state index >= 15 is 0 Å². The SMILES string of the molecule is CCOCc1nc2c(NC(=O)CN)nc3ccccc3c2n1CC(C)(C)O. The Balaban J connectivity index is 2.32. The van der Waals surface area contributed by atoms with Crippen molar-refractivity contribution in [1.82, 2.24) is 14.5 Å². The Bertz CT molecular complexity index is 975. The van der Waals surface area contributed by atoms with Crippen molar-refractivity contribution < 1.29 is 14.6 Å². The zero-order chi connectivity index (χ0) is 19.6. The lowest BCUT2D eigenvalue weighted by molar-refractivity contribution is -0.114. The smallest absolute Gasteiger partial charge is 0.239 e. The Labute approximate surface area is 157 Å². The summed E-state index contributed by atoms with van der Waals surface area (Å²) < 4.78 is 7.50. The van der Waals surface area contributed by atoms with Crippen LogP contribution in [-0.4, -0.2) is 44.3 Å². The number of para-hydroxylation sites is 1. The third-order valence-electron chi connectivity index (χ3n) is 4.09.